The van der Waals surface area contributed by atoms with Crippen molar-refractivity contribution in [2.24, 2.45) is 11.8 Å². The Bertz CT molecular complexity index is 798. The second kappa shape index (κ2) is 8.91. The highest BCUT2D eigenvalue weighted by molar-refractivity contribution is 5.85. The first-order valence-electron chi connectivity index (χ1n) is 11.3. The van der Waals surface area contributed by atoms with Gasteiger partial charge in [0.2, 0.25) is 5.60 Å². The van der Waals surface area contributed by atoms with Gasteiger partial charge in [-0.05, 0) is 56.3 Å². The quantitative estimate of drug-likeness (QED) is 0.661. The molecule has 2 aromatic rings. The highest BCUT2D eigenvalue weighted by atomic mass is 16.6. The van der Waals surface area contributed by atoms with E-state index in [2.05, 4.69) is 18.9 Å². The van der Waals surface area contributed by atoms with Crippen LogP contribution in [0.15, 0.2) is 60.7 Å². The van der Waals surface area contributed by atoms with Gasteiger partial charge in [0, 0.05) is 12.0 Å². The standard InChI is InChI=1S/C26H33NO3/c1-3-4-17-27(2)24-19-15-16-22(24)23(18-19)30-25(28)26(29,20-11-7-5-8-12-20)21-13-9-6-10-14-21/h5-14,19,22-24,29H,3-4,15-18H2,1-2H3. The minimum absolute atomic E-state index is 0.121. The fraction of sp³-hybridized carbons (Fsp3) is 0.500. The molecule has 4 nitrogen and oxygen atoms in total. The molecule has 30 heavy (non-hydrogen) atoms. The molecule has 0 aromatic heterocycles. The van der Waals surface area contributed by atoms with Gasteiger partial charge in [-0.3, -0.25) is 0 Å². The molecule has 4 heteroatoms. The minimum Gasteiger partial charge on any atom is -0.459 e. The summed E-state index contributed by atoms with van der Waals surface area (Å²) in [4.78, 5) is 15.9. The highest BCUT2D eigenvalue weighted by Crippen LogP contribution is 2.49. The Morgan fingerprint density at radius 2 is 1.67 bits per heavy atom. The van der Waals surface area contributed by atoms with Crippen LogP contribution < -0.4 is 0 Å². The number of unbranched alkanes of at least 4 members (excludes halogenated alkanes) is 1. The van der Waals surface area contributed by atoms with Crippen molar-refractivity contribution in [2.45, 2.75) is 56.8 Å². The van der Waals surface area contributed by atoms with Crippen molar-refractivity contribution in [3.8, 4) is 0 Å². The van der Waals surface area contributed by atoms with E-state index < -0.39 is 11.6 Å². The van der Waals surface area contributed by atoms with Crippen LogP contribution in [0.25, 0.3) is 0 Å². The zero-order valence-corrected chi connectivity index (χ0v) is 18.0. The van der Waals surface area contributed by atoms with E-state index in [0.717, 1.165) is 19.4 Å². The average Bonchev–Trinajstić information content (AvgIpc) is 3.36. The van der Waals surface area contributed by atoms with Crippen molar-refractivity contribution in [3.63, 3.8) is 0 Å². The van der Waals surface area contributed by atoms with Gasteiger partial charge in [-0.2, -0.15) is 0 Å². The van der Waals surface area contributed by atoms with Crippen molar-refractivity contribution in [2.75, 3.05) is 13.6 Å². The Balaban J connectivity index is 1.56. The largest absolute Gasteiger partial charge is 0.459 e. The highest BCUT2D eigenvalue weighted by Gasteiger charge is 2.53. The molecule has 1 N–H and O–H groups in total. The lowest BCUT2D eigenvalue weighted by Gasteiger charge is -2.32. The van der Waals surface area contributed by atoms with Crippen LogP contribution in [0.5, 0.6) is 0 Å². The number of carbonyl (C=O) groups excluding carboxylic acids is 1. The molecule has 2 fully saturated rings. The molecule has 2 aliphatic rings. The van der Waals surface area contributed by atoms with Crippen LogP contribution in [-0.2, 0) is 15.1 Å². The van der Waals surface area contributed by atoms with E-state index in [9.17, 15) is 9.90 Å². The molecule has 160 valence electrons. The Labute approximate surface area is 179 Å². The first kappa shape index (κ1) is 21.1. The van der Waals surface area contributed by atoms with Gasteiger partial charge in [-0.1, -0.05) is 74.0 Å². The van der Waals surface area contributed by atoms with Crippen molar-refractivity contribution < 1.29 is 14.6 Å². The molecule has 2 aliphatic carbocycles. The van der Waals surface area contributed by atoms with Crippen molar-refractivity contribution in [1.82, 2.24) is 4.90 Å². The second-order valence-electron chi connectivity index (χ2n) is 8.95. The summed E-state index contributed by atoms with van der Waals surface area (Å²) in [6, 6.07) is 18.8. The second-order valence-corrected chi connectivity index (χ2v) is 8.95. The zero-order valence-electron chi connectivity index (χ0n) is 18.0. The number of ether oxygens (including phenoxy) is 1. The van der Waals surface area contributed by atoms with Gasteiger partial charge in [-0.15, -0.1) is 0 Å². The Hall–Kier alpha value is -2.17. The minimum atomic E-state index is -1.80. The Morgan fingerprint density at radius 1 is 1.07 bits per heavy atom. The molecule has 0 saturated heterocycles. The fourth-order valence-corrected chi connectivity index (χ4v) is 5.60. The molecular weight excluding hydrogens is 374 g/mol. The van der Waals surface area contributed by atoms with Crippen LogP contribution in [-0.4, -0.2) is 41.7 Å². The van der Waals surface area contributed by atoms with Crippen molar-refractivity contribution in [1.29, 1.82) is 0 Å². The molecular formula is C26H33NO3. The molecule has 0 aliphatic heterocycles. The maximum absolute atomic E-state index is 13.5. The summed E-state index contributed by atoms with van der Waals surface area (Å²) in [5, 5.41) is 11.7. The van der Waals surface area contributed by atoms with Crippen LogP contribution >= 0.6 is 0 Å². The molecule has 4 unspecified atom stereocenters. The number of benzene rings is 2. The number of fused-ring (bicyclic) bond motifs is 2. The van der Waals surface area contributed by atoms with E-state index in [1.165, 1.54) is 19.3 Å². The van der Waals surface area contributed by atoms with Crippen LogP contribution in [0.1, 0.15) is 50.2 Å². The fourth-order valence-electron chi connectivity index (χ4n) is 5.60. The number of hydrogen-bond donors (Lipinski definition) is 1. The molecule has 2 saturated carbocycles. The van der Waals surface area contributed by atoms with Gasteiger partial charge in [0.1, 0.15) is 6.10 Å². The third-order valence-electron chi connectivity index (χ3n) is 7.12. The predicted molar refractivity (Wildman–Crippen MR) is 118 cm³/mol. The molecule has 4 atom stereocenters. The first-order chi connectivity index (χ1) is 14.6. The lowest BCUT2D eigenvalue weighted by molar-refractivity contribution is -0.170. The lowest BCUT2D eigenvalue weighted by atomic mass is 9.86. The normalized spacial score (nSPS) is 25.6. The topological polar surface area (TPSA) is 49.8 Å². The van der Waals surface area contributed by atoms with E-state index in [1.807, 2.05) is 36.4 Å². The summed E-state index contributed by atoms with van der Waals surface area (Å²) >= 11 is 0. The number of esters is 1. The maximum atomic E-state index is 13.5. The summed E-state index contributed by atoms with van der Waals surface area (Å²) in [5.74, 6) is 0.375. The molecule has 0 heterocycles. The number of hydrogen-bond acceptors (Lipinski definition) is 4. The third kappa shape index (κ3) is 3.79. The van der Waals surface area contributed by atoms with E-state index >= 15 is 0 Å². The van der Waals surface area contributed by atoms with E-state index in [-0.39, 0.29) is 6.10 Å². The van der Waals surface area contributed by atoms with Crippen LogP contribution in [0, 0.1) is 11.8 Å². The van der Waals surface area contributed by atoms with E-state index in [4.69, 9.17) is 4.74 Å². The van der Waals surface area contributed by atoms with Crippen LogP contribution in [0.3, 0.4) is 0 Å². The van der Waals surface area contributed by atoms with Crippen LogP contribution in [0.2, 0.25) is 0 Å². The summed E-state index contributed by atoms with van der Waals surface area (Å²) in [6.07, 6.45) is 5.46. The van der Waals surface area contributed by atoms with Gasteiger partial charge in [0.05, 0.1) is 0 Å². The Morgan fingerprint density at radius 3 is 2.23 bits per heavy atom. The maximum Gasteiger partial charge on any atom is 0.347 e. The molecule has 2 bridgehead atoms. The molecule has 0 spiro atoms. The monoisotopic (exact) mass is 407 g/mol. The molecule has 4 rings (SSSR count). The van der Waals surface area contributed by atoms with Gasteiger partial charge >= 0.3 is 5.97 Å². The van der Waals surface area contributed by atoms with Crippen LogP contribution in [0.4, 0.5) is 0 Å². The smallest absolute Gasteiger partial charge is 0.347 e. The van der Waals surface area contributed by atoms with Gasteiger partial charge in [-0.25, -0.2) is 4.79 Å². The first-order valence-corrected chi connectivity index (χ1v) is 11.3. The summed E-state index contributed by atoms with van der Waals surface area (Å²) in [7, 11) is 2.21. The SMILES string of the molecule is CCCCN(C)C1C2CCC1C(OC(=O)C(O)(c1ccccc1)c1ccccc1)C2. The molecule has 0 amide bonds. The van der Waals surface area contributed by atoms with E-state index in [1.54, 1.807) is 24.3 Å². The molecule has 2 aromatic carbocycles. The predicted octanol–water partition coefficient (Wildman–Crippen LogP) is 4.36. The number of carbonyl (C=O) groups is 1. The van der Waals surface area contributed by atoms with Crippen molar-refractivity contribution >= 4 is 5.97 Å². The molecule has 0 radical (unpaired) electrons. The number of rotatable bonds is 8. The number of nitrogens with zero attached hydrogens (tertiary/aromatic N) is 1. The van der Waals surface area contributed by atoms with E-state index in [0.29, 0.717) is 29.0 Å². The zero-order chi connectivity index (χ0) is 21.1. The Kier molecular flexibility index (Phi) is 6.26. The summed E-state index contributed by atoms with van der Waals surface area (Å²) in [6.45, 7) is 3.31. The summed E-state index contributed by atoms with van der Waals surface area (Å²) in [5.41, 5.74) is -0.713. The number of aliphatic hydroxyl groups is 1. The van der Waals surface area contributed by atoms with Gasteiger partial charge in [0.15, 0.2) is 0 Å². The van der Waals surface area contributed by atoms with Gasteiger partial charge < -0.3 is 14.7 Å². The summed E-state index contributed by atoms with van der Waals surface area (Å²) < 4.78 is 6.09. The average molecular weight is 408 g/mol. The van der Waals surface area contributed by atoms with Crippen molar-refractivity contribution in [3.05, 3.63) is 71.8 Å². The van der Waals surface area contributed by atoms with Gasteiger partial charge in [0.25, 0.3) is 0 Å². The third-order valence-corrected chi connectivity index (χ3v) is 7.12. The lowest BCUT2D eigenvalue weighted by Crippen LogP contribution is -2.42.